The van der Waals surface area contributed by atoms with Gasteiger partial charge >= 0.3 is 12.2 Å². The molecule has 96 valence electrons. The van der Waals surface area contributed by atoms with Crippen LogP contribution in [0.4, 0.5) is 9.59 Å². The molecule has 1 aromatic carbocycles. The first-order valence-corrected chi connectivity index (χ1v) is 5.23. The number of amides is 2. The molecule has 0 saturated carbocycles. The summed E-state index contributed by atoms with van der Waals surface area (Å²) in [5, 5.41) is 2.25. The third-order valence-electron chi connectivity index (χ3n) is 1.91. The van der Waals surface area contributed by atoms with E-state index in [1.807, 2.05) is 30.3 Å². The fourth-order valence-corrected chi connectivity index (χ4v) is 1.12. The first-order chi connectivity index (χ1) is 8.61. The van der Waals surface area contributed by atoms with E-state index in [1.165, 1.54) is 6.08 Å². The van der Waals surface area contributed by atoms with E-state index in [9.17, 15) is 9.59 Å². The fraction of sp³-hybridized carbons (Fsp3) is 0.167. The molecule has 0 radical (unpaired) electrons. The minimum Gasteiger partial charge on any atom is -0.444 e. The predicted molar refractivity (Wildman–Crippen MR) is 64.2 cm³/mol. The number of hydrogen-bond donors (Lipinski definition) is 2. The summed E-state index contributed by atoms with van der Waals surface area (Å²) in [5.41, 5.74) is 5.67. The van der Waals surface area contributed by atoms with Gasteiger partial charge in [-0.05, 0) is 18.6 Å². The maximum atomic E-state index is 11.4. The molecule has 1 rings (SSSR count). The average Bonchev–Trinajstić information content (AvgIpc) is 2.36. The summed E-state index contributed by atoms with van der Waals surface area (Å²) in [4.78, 5) is 21.9. The lowest BCUT2D eigenvalue weighted by Gasteiger charge is -2.09. The molecule has 0 unspecified atom stereocenters. The molecule has 0 spiro atoms. The van der Waals surface area contributed by atoms with Crippen LogP contribution in [0.1, 0.15) is 12.5 Å². The van der Waals surface area contributed by atoms with E-state index >= 15 is 0 Å². The second-order valence-corrected chi connectivity index (χ2v) is 3.26. The molecule has 0 aliphatic rings. The van der Waals surface area contributed by atoms with Crippen molar-refractivity contribution in [2.75, 3.05) is 0 Å². The molecule has 2 amide bonds. The van der Waals surface area contributed by atoms with Crippen LogP contribution in [0.3, 0.4) is 0 Å². The summed E-state index contributed by atoms with van der Waals surface area (Å²) in [6.45, 7) is 1.70. The van der Waals surface area contributed by atoms with Crippen molar-refractivity contribution in [2.24, 2.45) is 5.73 Å². The highest BCUT2D eigenvalue weighted by Crippen LogP contribution is 2.01. The van der Waals surface area contributed by atoms with Gasteiger partial charge in [-0.25, -0.2) is 9.59 Å². The first kappa shape index (κ1) is 13.6. The number of allylic oxidation sites excluding steroid dienone is 1. The van der Waals surface area contributed by atoms with Crippen molar-refractivity contribution in [1.82, 2.24) is 5.32 Å². The van der Waals surface area contributed by atoms with Crippen molar-refractivity contribution in [1.29, 1.82) is 0 Å². The Balaban J connectivity index is 2.40. The maximum absolute atomic E-state index is 11.4. The summed E-state index contributed by atoms with van der Waals surface area (Å²) in [7, 11) is 0. The van der Waals surface area contributed by atoms with Crippen LogP contribution in [-0.4, -0.2) is 12.2 Å². The standard InChI is InChI=1S/C12H14N2O4/c1-2-10(18-11(13)15)14-12(16)17-8-9-6-4-3-5-7-9/h2-7H,8H2,1H3,(H2,13,15)(H,14,16)/b10-2+. The maximum Gasteiger partial charge on any atom is 0.414 e. The summed E-state index contributed by atoms with van der Waals surface area (Å²) in [6.07, 6.45) is -0.353. The third kappa shape index (κ3) is 5.02. The Bertz CT molecular complexity index is 443. The van der Waals surface area contributed by atoms with Gasteiger partial charge in [-0.1, -0.05) is 30.3 Å². The van der Waals surface area contributed by atoms with E-state index in [-0.39, 0.29) is 12.5 Å². The predicted octanol–water partition coefficient (Wildman–Crippen LogP) is 1.87. The Morgan fingerprint density at radius 1 is 1.33 bits per heavy atom. The van der Waals surface area contributed by atoms with E-state index < -0.39 is 12.2 Å². The molecular weight excluding hydrogens is 236 g/mol. The summed E-state index contributed by atoms with van der Waals surface area (Å²) in [5.74, 6) is -0.0689. The van der Waals surface area contributed by atoms with Crippen molar-refractivity contribution in [3.63, 3.8) is 0 Å². The number of carbonyl (C=O) groups is 2. The van der Waals surface area contributed by atoms with E-state index in [4.69, 9.17) is 10.5 Å². The van der Waals surface area contributed by atoms with Crippen molar-refractivity contribution in [3.05, 3.63) is 47.9 Å². The Labute approximate surface area is 104 Å². The first-order valence-electron chi connectivity index (χ1n) is 5.23. The molecule has 0 saturated heterocycles. The second-order valence-electron chi connectivity index (χ2n) is 3.26. The lowest BCUT2D eigenvalue weighted by Crippen LogP contribution is -2.28. The minimum absolute atomic E-state index is 0.0689. The molecule has 0 aromatic heterocycles. The Morgan fingerprint density at radius 2 is 2.00 bits per heavy atom. The molecule has 1 aromatic rings. The van der Waals surface area contributed by atoms with Crippen molar-refractivity contribution in [2.45, 2.75) is 13.5 Å². The van der Waals surface area contributed by atoms with Gasteiger partial charge in [-0.2, -0.15) is 0 Å². The molecule has 6 nitrogen and oxygen atoms in total. The van der Waals surface area contributed by atoms with Crippen LogP contribution in [0.15, 0.2) is 42.3 Å². The van der Waals surface area contributed by atoms with Gasteiger partial charge in [0.2, 0.25) is 5.88 Å². The number of rotatable bonds is 4. The van der Waals surface area contributed by atoms with Gasteiger partial charge in [0.1, 0.15) is 6.61 Å². The van der Waals surface area contributed by atoms with Gasteiger partial charge in [-0.15, -0.1) is 0 Å². The van der Waals surface area contributed by atoms with E-state index in [0.29, 0.717) is 0 Å². The topological polar surface area (TPSA) is 90.7 Å². The number of alkyl carbamates (subject to hydrolysis) is 1. The third-order valence-corrected chi connectivity index (χ3v) is 1.91. The Hall–Kier alpha value is -2.50. The number of benzene rings is 1. The number of nitrogens with two attached hydrogens (primary N) is 1. The molecule has 0 aliphatic carbocycles. The summed E-state index contributed by atoms with van der Waals surface area (Å²) >= 11 is 0. The summed E-state index contributed by atoms with van der Waals surface area (Å²) < 4.78 is 9.43. The molecule has 0 heterocycles. The van der Waals surface area contributed by atoms with Gasteiger partial charge < -0.3 is 15.2 Å². The van der Waals surface area contributed by atoms with E-state index in [1.54, 1.807) is 6.92 Å². The second kappa shape index (κ2) is 6.95. The molecule has 0 atom stereocenters. The largest absolute Gasteiger partial charge is 0.444 e. The van der Waals surface area contributed by atoms with Crippen molar-refractivity contribution in [3.8, 4) is 0 Å². The molecule has 0 fully saturated rings. The Kier molecular flexibility index (Phi) is 5.24. The average molecular weight is 250 g/mol. The summed E-state index contributed by atoms with van der Waals surface area (Å²) in [6, 6.07) is 9.18. The fourth-order valence-electron chi connectivity index (χ4n) is 1.12. The lowest BCUT2D eigenvalue weighted by atomic mass is 10.2. The molecule has 18 heavy (non-hydrogen) atoms. The van der Waals surface area contributed by atoms with Crippen LogP contribution in [0.2, 0.25) is 0 Å². The quantitative estimate of drug-likeness (QED) is 0.798. The Morgan fingerprint density at radius 3 is 2.56 bits per heavy atom. The monoisotopic (exact) mass is 250 g/mol. The van der Waals surface area contributed by atoms with Gasteiger partial charge in [-0.3, -0.25) is 5.32 Å². The molecule has 6 heteroatoms. The van der Waals surface area contributed by atoms with Gasteiger partial charge in [0.15, 0.2) is 0 Å². The minimum atomic E-state index is -1.01. The lowest BCUT2D eigenvalue weighted by molar-refractivity contribution is 0.133. The van der Waals surface area contributed by atoms with Crippen LogP contribution in [0.5, 0.6) is 0 Å². The molecule has 0 bridgehead atoms. The van der Waals surface area contributed by atoms with Gasteiger partial charge in [0.05, 0.1) is 0 Å². The van der Waals surface area contributed by atoms with Gasteiger partial charge in [0.25, 0.3) is 0 Å². The van der Waals surface area contributed by atoms with Crippen molar-refractivity contribution < 1.29 is 19.1 Å². The molecular formula is C12H14N2O4. The molecule has 3 N–H and O–H groups in total. The van der Waals surface area contributed by atoms with Crippen molar-refractivity contribution >= 4 is 12.2 Å². The van der Waals surface area contributed by atoms with E-state index in [2.05, 4.69) is 10.1 Å². The van der Waals surface area contributed by atoms with Crippen LogP contribution in [0.25, 0.3) is 0 Å². The smallest absolute Gasteiger partial charge is 0.414 e. The van der Waals surface area contributed by atoms with Crippen LogP contribution >= 0.6 is 0 Å². The number of carbonyl (C=O) groups excluding carboxylic acids is 2. The number of hydrogen-bond acceptors (Lipinski definition) is 4. The number of primary amides is 1. The highest BCUT2D eigenvalue weighted by Gasteiger charge is 2.08. The van der Waals surface area contributed by atoms with Gasteiger partial charge in [0, 0.05) is 0 Å². The van der Waals surface area contributed by atoms with Crippen LogP contribution in [0, 0.1) is 0 Å². The number of ether oxygens (including phenoxy) is 2. The number of nitrogens with one attached hydrogen (secondary N) is 1. The molecule has 0 aliphatic heterocycles. The van der Waals surface area contributed by atoms with Crippen LogP contribution in [-0.2, 0) is 16.1 Å². The SMILES string of the molecule is C/C=C(\NC(=O)OCc1ccccc1)OC(N)=O. The normalized spacial score (nSPS) is 10.6. The highest BCUT2D eigenvalue weighted by atomic mass is 16.6. The highest BCUT2D eigenvalue weighted by molar-refractivity contribution is 5.71. The zero-order chi connectivity index (χ0) is 13.4. The zero-order valence-corrected chi connectivity index (χ0v) is 9.88. The zero-order valence-electron chi connectivity index (χ0n) is 9.88. The van der Waals surface area contributed by atoms with Crippen LogP contribution < -0.4 is 11.1 Å². The van der Waals surface area contributed by atoms with E-state index in [0.717, 1.165) is 5.56 Å².